The van der Waals surface area contributed by atoms with Crippen LogP contribution >= 0.6 is 0 Å². The second-order valence-corrected chi connectivity index (χ2v) is 4.56. The molecule has 2 aromatic rings. The summed E-state index contributed by atoms with van der Waals surface area (Å²) in [5, 5.41) is 20.5. The molecular weight excluding hydrogens is 242 g/mol. The van der Waals surface area contributed by atoms with Gasteiger partial charge >= 0.3 is 0 Å². The number of hydrogen-bond acceptors (Lipinski definition) is 3. The maximum absolute atomic E-state index is 10.9. The molecule has 0 amide bonds. The van der Waals surface area contributed by atoms with Crippen molar-refractivity contribution in [3.05, 3.63) is 63.7 Å². The molecule has 0 aromatic heterocycles. The molecule has 0 bridgehead atoms. The third-order valence-corrected chi connectivity index (χ3v) is 3.11. The van der Waals surface area contributed by atoms with E-state index < -0.39 is 6.10 Å². The Balaban J connectivity index is 2.50. The summed E-state index contributed by atoms with van der Waals surface area (Å²) in [5.41, 5.74) is 3.18. The van der Waals surface area contributed by atoms with Crippen LogP contribution in [0.5, 0.6) is 0 Å². The van der Waals surface area contributed by atoms with Crippen molar-refractivity contribution in [2.24, 2.45) is 0 Å². The van der Waals surface area contributed by atoms with Gasteiger partial charge in [-0.2, -0.15) is 0 Å². The van der Waals surface area contributed by atoms with Crippen LogP contribution in [0.3, 0.4) is 0 Å². The molecule has 2 aromatic carbocycles. The molecule has 0 fully saturated rings. The second kappa shape index (κ2) is 5.20. The smallest absolute Gasteiger partial charge is 0.272 e. The molecule has 0 saturated heterocycles. The first-order chi connectivity index (χ1) is 8.99. The van der Waals surface area contributed by atoms with Crippen LogP contribution in [0, 0.1) is 17.0 Å². The van der Waals surface area contributed by atoms with Crippen molar-refractivity contribution >= 4 is 5.69 Å². The Bertz CT molecular complexity index is 621. The van der Waals surface area contributed by atoms with E-state index in [0.29, 0.717) is 5.56 Å². The number of benzene rings is 2. The lowest BCUT2D eigenvalue weighted by molar-refractivity contribution is -0.385. The molecule has 19 heavy (non-hydrogen) atoms. The van der Waals surface area contributed by atoms with Crippen molar-refractivity contribution in [2.75, 3.05) is 0 Å². The highest BCUT2D eigenvalue weighted by molar-refractivity contribution is 5.68. The minimum Gasteiger partial charge on any atom is -0.389 e. The maximum atomic E-state index is 10.9. The van der Waals surface area contributed by atoms with Crippen LogP contribution in [0.1, 0.15) is 24.2 Å². The molecule has 0 aliphatic carbocycles. The molecule has 1 N–H and O–H groups in total. The first kappa shape index (κ1) is 13.2. The lowest BCUT2D eigenvalue weighted by Gasteiger charge is -2.08. The fourth-order valence-electron chi connectivity index (χ4n) is 1.96. The predicted molar refractivity (Wildman–Crippen MR) is 73.9 cm³/mol. The Kier molecular flexibility index (Phi) is 3.62. The summed E-state index contributed by atoms with van der Waals surface area (Å²) in [5.74, 6) is 0. The second-order valence-electron chi connectivity index (χ2n) is 4.56. The van der Waals surface area contributed by atoms with Crippen molar-refractivity contribution in [1.82, 2.24) is 0 Å². The number of hydrogen-bond donors (Lipinski definition) is 1. The van der Waals surface area contributed by atoms with Crippen molar-refractivity contribution < 1.29 is 10.0 Å². The molecule has 0 spiro atoms. The molecule has 1 unspecified atom stereocenters. The number of nitrogens with zero attached hydrogens (tertiary/aromatic N) is 1. The van der Waals surface area contributed by atoms with Gasteiger partial charge in [-0.05, 0) is 36.6 Å². The number of rotatable bonds is 3. The normalized spacial score (nSPS) is 12.2. The molecule has 2 rings (SSSR count). The lowest BCUT2D eigenvalue weighted by atomic mass is 9.99. The molecule has 4 heteroatoms. The van der Waals surface area contributed by atoms with E-state index in [1.807, 2.05) is 30.3 Å². The topological polar surface area (TPSA) is 63.4 Å². The minimum absolute atomic E-state index is 0.111. The summed E-state index contributed by atoms with van der Waals surface area (Å²) in [6, 6.07) is 12.5. The van der Waals surface area contributed by atoms with Gasteiger partial charge in [-0.15, -0.1) is 0 Å². The molecule has 1 atom stereocenters. The summed E-state index contributed by atoms with van der Waals surface area (Å²) in [4.78, 5) is 10.6. The highest BCUT2D eigenvalue weighted by atomic mass is 16.6. The summed E-state index contributed by atoms with van der Waals surface area (Å²) in [7, 11) is 0. The molecule has 0 aliphatic rings. The Labute approximate surface area is 111 Å². The van der Waals surface area contributed by atoms with E-state index in [0.717, 1.165) is 16.7 Å². The van der Waals surface area contributed by atoms with Crippen LogP contribution in [0.2, 0.25) is 0 Å². The lowest BCUT2D eigenvalue weighted by Crippen LogP contribution is -1.93. The Morgan fingerprint density at radius 3 is 2.47 bits per heavy atom. The van der Waals surface area contributed by atoms with E-state index in [4.69, 9.17) is 0 Å². The van der Waals surface area contributed by atoms with Crippen molar-refractivity contribution in [3.8, 4) is 11.1 Å². The third kappa shape index (κ3) is 2.80. The molecule has 0 saturated carbocycles. The summed E-state index contributed by atoms with van der Waals surface area (Å²) in [6.45, 7) is 3.41. The van der Waals surface area contributed by atoms with E-state index in [-0.39, 0.29) is 10.6 Å². The van der Waals surface area contributed by atoms with Gasteiger partial charge in [0.25, 0.3) is 5.69 Å². The standard InChI is InChI=1S/C15H15NO3/c1-10-6-7-14(9-15(10)16(18)19)13-5-3-4-12(8-13)11(2)17/h3-9,11,17H,1-2H3. The summed E-state index contributed by atoms with van der Waals surface area (Å²) >= 11 is 0. The fourth-order valence-corrected chi connectivity index (χ4v) is 1.96. The van der Waals surface area contributed by atoms with Gasteiger partial charge in [-0.25, -0.2) is 0 Å². The highest BCUT2D eigenvalue weighted by Crippen LogP contribution is 2.28. The van der Waals surface area contributed by atoms with Crippen LogP contribution in [-0.2, 0) is 0 Å². The zero-order valence-electron chi connectivity index (χ0n) is 10.8. The average molecular weight is 257 g/mol. The SMILES string of the molecule is Cc1ccc(-c2cccc(C(C)O)c2)cc1[N+](=O)[O-]. The predicted octanol–water partition coefficient (Wildman–Crippen LogP) is 3.62. The average Bonchev–Trinajstić information content (AvgIpc) is 2.39. The van der Waals surface area contributed by atoms with Crippen molar-refractivity contribution in [2.45, 2.75) is 20.0 Å². The molecular formula is C15H15NO3. The molecule has 98 valence electrons. The fraction of sp³-hybridized carbons (Fsp3) is 0.200. The van der Waals surface area contributed by atoms with Gasteiger partial charge in [0.05, 0.1) is 11.0 Å². The van der Waals surface area contributed by atoms with Gasteiger partial charge in [0, 0.05) is 11.6 Å². The number of nitro benzene ring substituents is 1. The zero-order valence-corrected chi connectivity index (χ0v) is 10.8. The van der Waals surface area contributed by atoms with Crippen molar-refractivity contribution in [1.29, 1.82) is 0 Å². The first-order valence-corrected chi connectivity index (χ1v) is 6.02. The van der Waals surface area contributed by atoms with Gasteiger partial charge in [0.15, 0.2) is 0 Å². The third-order valence-electron chi connectivity index (χ3n) is 3.11. The number of aryl methyl sites for hydroxylation is 1. The van der Waals surface area contributed by atoms with E-state index >= 15 is 0 Å². The van der Waals surface area contributed by atoms with Crippen LogP contribution in [0.15, 0.2) is 42.5 Å². The van der Waals surface area contributed by atoms with Crippen LogP contribution < -0.4 is 0 Å². The van der Waals surface area contributed by atoms with E-state index in [9.17, 15) is 15.2 Å². The Hall–Kier alpha value is -2.20. The highest BCUT2D eigenvalue weighted by Gasteiger charge is 2.12. The van der Waals surface area contributed by atoms with Crippen molar-refractivity contribution in [3.63, 3.8) is 0 Å². The van der Waals surface area contributed by atoms with Crippen LogP contribution in [0.4, 0.5) is 5.69 Å². The largest absolute Gasteiger partial charge is 0.389 e. The van der Waals surface area contributed by atoms with E-state index in [1.54, 1.807) is 26.0 Å². The number of aliphatic hydroxyl groups is 1. The van der Waals surface area contributed by atoms with Gasteiger partial charge in [0.1, 0.15) is 0 Å². The van der Waals surface area contributed by atoms with E-state index in [1.165, 1.54) is 0 Å². The van der Waals surface area contributed by atoms with Gasteiger partial charge in [-0.3, -0.25) is 10.1 Å². The Morgan fingerprint density at radius 2 is 1.84 bits per heavy atom. The minimum atomic E-state index is -0.555. The summed E-state index contributed by atoms with van der Waals surface area (Å²) in [6.07, 6.45) is -0.555. The quantitative estimate of drug-likeness (QED) is 0.674. The van der Waals surface area contributed by atoms with Gasteiger partial charge in [-0.1, -0.05) is 30.3 Å². The first-order valence-electron chi connectivity index (χ1n) is 6.02. The molecule has 4 nitrogen and oxygen atoms in total. The van der Waals surface area contributed by atoms with E-state index in [2.05, 4.69) is 0 Å². The molecule has 0 heterocycles. The van der Waals surface area contributed by atoms with Gasteiger partial charge < -0.3 is 5.11 Å². The summed E-state index contributed by atoms with van der Waals surface area (Å²) < 4.78 is 0. The zero-order chi connectivity index (χ0) is 14.0. The van der Waals surface area contributed by atoms with Gasteiger partial charge in [0.2, 0.25) is 0 Å². The number of aliphatic hydroxyl groups excluding tert-OH is 1. The monoisotopic (exact) mass is 257 g/mol. The number of nitro groups is 1. The van der Waals surface area contributed by atoms with Crippen LogP contribution in [-0.4, -0.2) is 10.0 Å². The molecule has 0 aliphatic heterocycles. The van der Waals surface area contributed by atoms with Crippen LogP contribution in [0.25, 0.3) is 11.1 Å². The molecule has 0 radical (unpaired) electrons. The Morgan fingerprint density at radius 1 is 1.16 bits per heavy atom. The maximum Gasteiger partial charge on any atom is 0.272 e.